The summed E-state index contributed by atoms with van der Waals surface area (Å²) < 4.78 is 0. The number of amides is 5. The van der Waals surface area contributed by atoms with Crippen molar-refractivity contribution in [1.82, 2.24) is 26.1 Å². The summed E-state index contributed by atoms with van der Waals surface area (Å²) in [6.45, 7) is 12.3. The van der Waals surface area contributed by atoms with E-state index in [2.05, 4.69) is 26.5 Å². The maximum Gasteiger partial charge on any atom is 0.265 e. The molecular weight excluding hydrogens is 815 g/mol. The van der Waals surface area contributed by atoms with E-state index in [0.29, 0.717) is 43.5 Å². The Bertz CT molecular complexity index is 2150. The van der Waals surface area contributed by atoms with E-state index in [4.69, 9.17) is 5.73 Å². The monoisotopic (exact) mass is 879 g/mol. The van der Waals surface area contributed by atoms with Gasteiger partial charge in [0.05, 0.1) is 34.1 Å². The fourth-order valence-corrected chi connectivity index (χ4v) is 9.11. The number of aliphatic hydroxyl groups is 1. The molecular formula is C49H65N7O6S. The molecule has 0 radical (unpaired) electrons. The highest BCUT2D eigenvalue weighted by atomic mass is 32.1. The number of β-amino-alcohol motifs (C(OH)–C–C–N with tert-alkyl or cyclic N) is 1. The van der Waals surface area contributed by atoms with Gasteiger partial charge in [-0.15, -0.1) is 11.3 Å². The molecule has 1 unspecified atom stereocenters. The number of carbonyl (C=O) groups excluding carboxylic acids is 5. The van der Waals surface area contributed by atoms with Gasteiger partial charge in [-0.2, -0.15) is 0 Å². The molecule has 13 nitrogen and oxygen atoms in total. The maximum atomic E-state index is 14.4. The van der Waals surface area contributed by atoms with Gasteiger partial charge in [0.15, 0.2) is 0 Å². The van der Waals surface area contributed by atoms with Crippen molar-refractivity contribution < 1.29 is 29.1 Å². The van der Waals surface area contributed by atoms with E-state index in [1.54, 1.807) is 23.5 Å². The number of hydrogen-bond acceptors (Lipinski definition) is 9. The fraction of sp³-hybridized carbons (Fsp3) is 0.469. The molecule has 2 heterocycles. The SMILES string of the molecule is CCCNNC(=O)c1ccc(-c2ccc(NC(=O)CCCCCCCC(C(N)=O)[C@H](C(=O)N3C[C@H](O)C[C@H]3C(=O)N[C@@H](C)c3ccc(-c4scnc4C)cc3)C(C)(C)C)cc2)cc1. The second-order valence-electron chi connectivity index (χ2n) is 17.8. The molecule has 1 aliphatic heterocycles. The number of nitrogens with zero attached hydrogens (tertiary/aromatic N) is 2. The maximum absolute atomic E-state index is 14.4. The average molecular weight is 880 g/mol. The van der Waals surface area contributed by atoms with Crippen LogP contribution in [0.4, 0.5) is 5.69 Å². The zero-order chi connectivity index (χ0) is 45.7. The van der Waals surface area contributed by atoms with Gasteiger partial charge in [-0.1, -0.05) is 102 Å². The minimum absolute atomic E-state index is 0.000416. The van der Waals surface area contributed by atoms with E-state index in [-0.39, 0.29) is 42.6 Å². The molecule has 14 heteroatoms. The van der Waals surface area contributed by atoms with Gasteiger partial charge in [0, 0.05) is 43.1 Å². The number of anilines is 1. The van der Waals surface area contributed by atoms with Crippen molar-refractivity contribution in [2.75, 3.05) is 18.4 Å². The first kappa shape index (κ1) is 48.6. The molecule has 0 aliphatic carbocycles. The molecule has 7 N–H and O–H groups in total. The van der Waals surface area contributed by atoms with Crippen molar-refractivity contribution in [3.8, 4) is 21.6 Å². The number of thiazole rings is 1. The summed E-state index contributed by atoms with van der Waals surface area (Å²) in [6, 6.07) is 21.7. The number of hydrazine groups is 1. The lowest BCUT2D eigenvalue weighted by atomic mass is 9.70. The predicted octanol–water partition coefficient (Wildman–Crippen LogP) is 7.70. The minimum Gasteiger partial charge on any atom is -0.391 e. The number of aromatic nitrogens is 1. The highest BCUT2D eigenvalue weighted by Gasteiger charge is 2.47. The Morgan fingerprint density at radius 1 is 0.889 bits per heavy atom. The quantitative estimate of drug-likeness (QED) is 0.0362. The van der Waals surface area contributed by atoms with E-state index < -0.39 is 35.3 Å². The standard InChI is InChI=1S/C49H65N7O6S/c1-7-27-52-55-46(60)37-21-17-34(18-22-37)35-23-25-38(26-24-35)54-42(58)14-12-10-8-9-11-13-40(45(50)59)43(49(4,5)6)48(62)56-29-39(57)28-41(56)47(61)53-31(2)33-15-19-36(20-16-33)44-32(3)51-30-63-44/h15-26,30-31,39-41,43,52,57H,7-14,27-29H2,1-6H3,(H2,50,59)(H,53,61)(H,54,58)(H,55,60)/t31-,39+,40?,41-,43+/m0/s1. The highest BCUT2D eigenvalue weighted by molar-refractivity contribution is 7.13. The van der Waals surface area contributed by atoms with E-state index in [1.165, 1.54) is 4.90 Å². The normalized spacial score (nSPS) is 16.5. The van der Waals surface area contributed by atoms with Gasteiger partial charge in [0.1, 0.15) is 6.04 Å². The number of nitrogens with one attached hydrogen (secondary N) is 4. The molecule has 4 aromatic rings. The zero-order valence-electron chi connectivity index (χ0n) is 37.5. The van der Waals surface area contributed by atoms with Crippen LogP contribution in [0.5, 0.6) is 0 Å². The van der Waals surface area contributed by atoms with Crippen LogP contribution in [0.15, 0.2) is 78.3 Å². The van der Waals surface area contributed by atoms with Gasteiger partial charge in [-0.05, 0) is 85.0 Å². The highest BCUT2D eigenvalue weighted by Crippen LogP contribution is 2.38. The molecule has 63 heavy (non-hydrogen) atoms. The van der Waals surface area contributed by atoms with Crippen LogP contribution in [0.2, 0.25) is 0 Å². The van der Waals surface area contributed by atoms with E-state index >= 15 is 0 Å². The third-order valence-electron chi connectivity index (χ3n) is 11.8. The topological polar surface area (TPSA) is 196 Å². The Kier molecular flexibility index (Phi) is 17.6. The number of unbranched alkanes of at least 4 members (excludes halogenated alkanes) is 4. The summed E-state index contributed by atoms with van der Waals surface area (Å²) in [5.41, 5.74) is 18.8. The van der Waals surface area contributed by atoms with Crippen molar-refractivity contribution in [3.63, 3.8) is 0 Å². The van der Waals surface area contributed by atoms with Crippen LogP contribution < -0.4 is 27.2 Å². The number of likely N-dealkylation sites (tertiary alicyclic amines) is 1. The molecule has 0 spiro atoms. The van der Waals surface area contributed by atoms with Gasteiger partial charge in [0.25, 0.3) is 5.91 Å². The first-order valence-electron chi connectivity index (χ1n) is 22.2. The number of hydrogen-bond donors (Lipinski definition) is 6. The number of aryl methyl sites for hydroxylation is 1. The van der Waals surface area contributed by atoms with Crippen LogP contribution in [0.1, 0.15) is 120 Å². The smallest absolute Gasteiger partial charge is 0.265 e. The summed E-state index contributed by atoms with van der Waals surface area (Å²) in [7, 11) is 0. The number of benzene rings is 3. The second-order valence-corrected chi connectivity index (χ2v) is 18.6. The van der Waals surface area contributed by atoms with Crippen LogP contribution in [-0.4, -0.2) is 69.8 Å². The molecule has 5 atom stereocenters. The Balaban J connectivity index is 1.07. The zero-order valence-corrected chi connectivity index (χ0v) is 38.4. The summed E-state index contributed by atoms with van der Waals surface area (Å²) in [6.07, 6.45) is 4.79. The van der Waals surface area contributed by atoms with E-state index in [9.17, 15) is 29.1 Å². The lowest BCUT2D eigenvalue weighted by molar-refractivity contribution is -0.149. The van der Waals surface area contributed by atoms with E-state index in [0.717, 1.165) is 58.5 Å². The summed E-state index contributed by atoms with van der Waals surface area (Å²) >= 11 is 1.58. The molecule has 338 valence electrons. The number of carbonyl (C=O) groups is 5. The van der Waals surface area contributed by atoms with Crippen LogP contribution >= 0.6 is 11.3 Å². The van der Waals surface area contributed by atoms with Gasteiger partial charge in [-0.3, -0.25) is 29.4 Å². The molecule has 1 fully saturated rings. The van der Waals surface area contributed by atoms with Gasteiger partial charge >= 0.3 is 0 Å². The van der Waals surface area contributed by atoms with Crippen molar-refractivity contribution in [2.24, 2.45) is 23.0 Å². The summed E-state index contributed by atoms with van der Waals surface area (Å²) in [5.74, 6) is -3.07. The molecule has 1 saturated heterocycles. The van der Waals surface area contributed by atoms with Crippen molar-refractivity contribution in [1.29, 1.82) is 0 Å². The van der Waals surface area contributed by atoms with Crippen molar-refractivity contribution in [3.05, 3.63) is 95.1 Å². The number of aliphatic hydroxyl groups excluding tert-OH is 1. The third-order valence-corrected chi connectivity index (χ3v) is 12.7. The molecule has 1 aromatic heterocycles. The van der Waals surface area contributed by atoms with Crippen LogP contribution in [0, 0.1) is 24.2 Å². The number of nitrogens with two attached hydrogens (primary N) is 1. The van der Waals surface area contributed by atoms with Crippen LogP contribution in [0.3, 0.4) is 0 Å². The number of primary amides is 1. The molecule has 3 aromatic carbocycles. The number of rotatable bonds is 21. The summed E-state index contributed by atoms with van der Waals surface area (Å²) in [5, 5.41) is 16.8. The largest absolute Gasteiger partial charge is 0.391 e. The van der Waals surface area contributed by atoms with Crippen LogP contribution in [0.25, 0.3) is 21.6 Å². The minimum atomic E-state index is -0.887. The third kappa shape index (κ3) is 13.5. The lowest BCUT2D eigenvalue weighted by Crippen LogP contribution is -2.53. The fourth-order valence-electron chi connectivity index (χ4n) is 8.30. The van der Waals surface area contributed by atoms with E-state index in [1.807, 2.05) is 108 Å². The molecule has 5 rings (SSSR count). The Labute approximate surface area is 376 Å². The van der Waals surface area contributed by atoms with Gasteiger partial charge in [0.2, 0.25) is 23.6 Å². The van der Waals surface area contributed by atoms with Gasteiger partial charge in [-0.25, -0.2) is 10.4 Å². The van der Waals surface area contributed by atoms with Gasteiger partial charge < -0.3 is 26.4 Å². The van der Waals surface area contributed by atoms with Crippen molar-refractivity contribution in [2.45, 2.75) is 118 Å². The Morgan fingerprint density at radius 3 is 2.11 bits per heavy atom. The lowest BCUT2D eigenvalue weighted by Gasteiger charge is -2.38. The first-order valence-corrected chi connectivity index (χ1v) is 23.1. The van der Waals surface area contributed by atoms with Crippen molar-refractivity contribution >= 4 is 46.6 Å². The Hall–Kier alpha value is -5.44. The molecule has 5 amide bonds. The summed E-state index contributed by atoms with van der Waals surface area (Å²) in [4.78, 5) is 73.1. The average Bonchev–Trinajstić information content (AvgIpc) is 3.87. The Morgan fingerprint density at radius 2 is 1.51 bits per heavy atom. The predicted molar refractivity (Wildman–Crippen MR) is 249 cm³/mol. The first-order chi connectivity index (χ1) is 30.1. The van der Waals surface area contributed by atoms with Crippen LogP contribution in [-0.2, 0) is 19.2 Å². The molecule has 1 aliphatic rings. The second kappa shape index (κ2) is 22.8. The molecule has 0 bridgehead atoms. The molecule has 0 saturated carbocycles.